The number of piperidine rings is 1. The minimum atomic E-state index is 0.418. The number of likely N-dealkylation sites (tertiary alicyclic amines) is 1. The van der Waals surface area contributed by atoms with E-state index in [1.54, 1.807) is 0 Å². The lowest BCUT2D eigenvalue weighted by Crippen LogP contribution is -2.40. The maximum absolute atomic E-state index is 11.0. The molecule has 1 aliphatic rings. The molecule has 74 valence electrons. The van der Waals surface area contributed by atoms with E-state index in [1.807, 2.05) is 0 Å². The molecule has 0 N–H and O–H groups in total. The summed E-state index contributed by atoms with van der Waals surface area (Å²) < 4.78 is 0. The van der Waals surface area contributed by atoms with E-state index in [-0.39, 0.29) is 0 Å². The van der Waals surface area contributed by atoms with Crippen molar-refractivity contribution in [3.63, 3.8) is 0 Å². The van der Waals surface area contributed by atoms with Gasteiger partial charge in [0.25, 0.3) is 0 Å². The maximum atomic E-state index is 11.0. The Hall–Kier alpha value is -0.630. The molecule has 0 bridgehead atoms. The Kier molecular flexibility index (Phi) is 3.67. The molecule has 1 aliphatic heterocycles. The van der Waals surface area contributed by atoms with Gasteiger partial charge in [0, 0.05) is 32.0 Å². The van der Waals surface area contributed by atoms with Crippen molar-refractivity contribution in [1.82, 2.24) is 4.90 Å². The molecule has 1 saturated heterocycles. The third-order valence-corrected chi connectivity index (χ3v) is 3.02. The van der Waals surface area contributed by atoms with Gasteiger partial charge in [-0.25, -0.2) is 0 Å². The fourth-order valence-corrected chi connectivity index (χ4v) is 1.69. The maximum Gasteiger partial charge on any atom is 0.135 e. The summed E-state index contributed by atoms with van der Waals surface area (Å²) in [6, 6.07) is 0.498. The summed E-state index contributed by atoms with van der Waals surface area (Å²) in [5.41, 5.74) is 1.40. The van der Waals surface area contributed by atoms with Gasteiger partial charge < -0.3 is 0 Å². The molecular formula is C11H19NO. The van der Waals surface area contributed by atoms with Crippen molar-refractivity contribution in [2.24, 2.45) is 0 Å². The minimum Gasteiger partial charge on any atom is -0.300 e. The largest absolute Gasteiger partial charge is 0.300 e. The average Bonchev–Trinajstić information content (AvgIpc) is 2.17. The average molecular weight is 181 g/mol. The monoisotopic (exact) mass is 181 g/mol. The predicted molar refractivity (Wildman–Crippen MR) is 54.7 cm³/mol. The first-order valence-electron chi connectivity index (χ1n) is 5.03. The van der Waals surface area contributed by atoms with Gasteiger partial charge in [0.2, 0.25) is 0 Å². The van der Waals surface area contributed by atoms with Crippen LogP contribution in [-0.4, -0.2) is 29.8 Å². The molecule has 1 heterocycles. The molecule has 1 rings (SSSR count). The highest BCUT2D eigenvalue weighted by atomic mass is 16.1. The van der Waals surface area contributed by atoms with E-state index < -0.39 is 0 Å². The molecule has 2 heteroatoms. The molecule has 1 atom stereocenters. The standard InChI is InChI=1S/C11H19NO/c1-4-9(2)10(3)12-7-5-11(13)6-8-12/h4,10H,5-8H2,1-3H3/b9-4+. The first kappa shape index (κ1) is 10.5. The van der Waals surface area contributed by atoms with Crippen LogP contribution >= 0.6 is 0 Å². The predicted octanol–water partition coefficient (Wildman–Crippen LogP) is 2.01. The Morgan fingerprint density at radius 2 is 2.00 bits per heavy atom. The second-order valence-corrected chi connectivity index (χ2v) is 3.78. The van der Waals surface area contributed by atoms with Crippen molar-refractivity contribution in [2.45, 2.75) is 39.7 Å². The fourth-order valence-electron chi connectivity index (χ4n) is 1.69. The molecule has 1 fully saturated rings. The van der Waals surface area contributed by atoms with Gasteiger partial charge >= 0.3 is 0 Å². The van der Waals surface area contributed by atoms with Crippen LogP contribution in [0, 0.1) is 0 Å². The Bertz CT molecular complexity index is 210. The van der Waals surface area contributed by atoms with Crippen LogP contribution in [0.5, 0.6) is 0 Å². The number of Topliss-reactive ketones (excluding diaryl/α,β-unsaturated/α-hetero) is 1. The molecule has 0 aromatic carbocycles. The van der Waals surface area contributed by atoms with Crippen LogP contribution in [0.25, 0.3) is 0 Å². The normalized spacial score (nSPS) is 23.3. The Labute approximate surface area is 80.6 Å². The van der Waals surface area contributed by atoms with Gasteiger partial charge in [-0.2, -0.15) is 0 Å². The number of rotatable bonds is 2. The zero-order valence-electron chi connectivity index (χ0n) is 8.84. The summed E-state index contributed by atoms with van der Waals surface area (Å²) in [6.07, 6.45) is 3.63. The van der Waals surface area contributed by atoms with Crippen molar-refractivity contribution in [3.8, 4) is 0 Å². The summed E-state index contributed by atoms with van der Waals surface area (Å²) in [4.78, 5) is 13.4. The first-order chi connectivity index (χ1) is 6.15. The van der Waals surface area contributed by atoms with Crippen molar-refractivity contribution in [2.75, 3.05) is 13.1 Å². The van der Waals surface area contributed by atoms with E-state index in [1.165, 1.54) is 5.57 Å². The topological polar surface area (TPSA) is 20.3 Å². The highest BCUT2D eigenvalue weighted by molar-refractivity contribution is 5.79. The molecule has 0 aromatic rings. The van der Waals surface area contributed by atoms with Crippen molar-refractivity contribution in [3.05, 3.63) is 11.6 Å². The zero-order chi connectivity index (χ0) is 9.84. The van der Waals surface area contributed by atoms with Crippen LogP contribution in [0.2, 0.25) is 0 Å². The number of allylic oxidation sites excluding steroid dienone is 1. The van der Waals surface area contributed by atoms with Crippen LogP contribution < -0.4 is 0 Å². The second kappa shape index (κ2) is 4.56. The van der Waals surface area contributed by atoms with Gasteiger partial charge in [-0.05, 0) is 20.8 Å². The van der Waals surface area contributed by atoms with Crippen molar-refractivity contribution >= 4 is 5.78 Å². The van der Waals surface area contributed by atoms with E-state index in [2.05, 4.69) is 31.7 Å². The third-order valence-electron chi connectivity index (χ3n) is 3.02. The summed E-state index contributed by atoms with van der Waals surface area (Å²) in [5.74, 6) is 0.418. The molecule has 1 unspecified atom stereocenters. The Morgan fingerprint density at radius 3 is 2.46 bits per heavy atom. The molecule has 2 nitrogen and oxygen atoms in total. The summed E-state index contributed by atoms with van der Waals surface area (Å²) in [6.45, 7) is 8.31. The number of carbonyl (C=O) groups is 1. The number of hydrogen-bond donors (Lipinski definition) is 0. The summed E-state index contributed by atoms with van der Waals surface area (Å²) in [5, 5.41) is 0. The van der Waals surface area contributed by atoms with Crippen molar-refractivity contribution in [1.29, 1.82) is 0 Å². The van der Waals surface area contributed by atoms with Gasteiger partial charge in [-0.3, -0.25) is 9.69 Å². The van der Waals surface area contributed by atoms with Gasteiger partial charge in [-0.15, -0.1) is 0 Å². The molecule has 0 aliphatic carbocycles. The highest BCUT2D eigenvalue weighted by Gasteiger charge is 2.20. The number of nitrogens with zero attached hydrogens (tertiary/aromatic N) is 1. The van der Waals surface area contributed by atoms with E-state index >= 15 is 0 Å². The molecule has 0 amide bonds. The van der Waals surface area contributed by atoms with Crippen LogP contribution in [0.1, 0.15) is 33.6 Å². The smallest absolute Gasteiger partial charge is 0.135 e. The molecule has 13 heavy (non-hydrogen) atoms. The number of hydrogen-bond acceptors (Lipinski definition) is 2. The van der Waals surface area contributed by atoms with Gasteiger partial charge in [0.15, 0.2) is 0 Å². The number of carbonyl (C=O) groups excluding carboxylic acids is 1. The molecule has 0 spiro atoms. The number of ketones is 1. The summed E-state index contributed by atoms with van der Waals surface area (Å²) >= 11 is 0. The van der Waals surface area contributed by atoms with E-state index in [4.69, 9.17) is 0 Å². The fraction of sp³-hybridized carbons (Fsp3) is 0.727. The Morgan fingerprint density at radius 1 is 1.46 bits per heavy atom. The van der Waals surface area contributed by atoms with Crippen LogP contribution in [0.3, 0.4) is 0 Å². The van der Waals surface area contributed by atoms with E-state index in [0.29, 0.717) is 11.8 Å². The first-order valence-corrected chi connectivity index (χ1v) is 5.03. The zero-order valence-corrected chi connectivity index (χ0v) is 8.84. The molecule has 0 saturated carbocycles. The van der Waals surface area contributed by atoms with Crippen LogP contribution in [0.15, 0.2) is 11.6 Å². The quantitative estimate of drug-likeness (QED) is 0.607. The highest BCUT2D eigenvalue weighted by Crippen LogP contribution is 2.14. The van der Waals surface area contributed by atoms with Gasteiger partial charge in [0.1, 0.15) is 5.78 Å². The lowest BCUT2D eigenvalue weighted by atomic mass is 10.0. The minimum absolute atomic E-state index is 0.418. The second-order valence-electron chi connectivity index (χ2n) is 3.78. The van der Waals surface area contributed by atoms with Crippen molar-refractivity contribution < 1.29 is 4.79 Å². The SMILES string of the molecule is C/C=C(\C)C(C)N1CCC(=O)CC1. The Balaban J connectivity index is 2.49. The van der Waals surface area contributed by atoms with Crippen LogP contribution in [-0.2, 0) is 4.79 Å². The van der Waals surface area contributed by atoms with E-state index in [0.717, 1.165) is 25.9 Å². The van der Waals surface area contributed by atoms with Crippen LogP contribution in [0.4, 0.5) is 0 Å². The molecule has 0 aromatic heterocycles. The third kappa shape index (κ3) is 2.66. The molecular weight excluding hydrogens is 162 g/mol. The molecule has 0 radical (unpaired) electrons. The lowest BCUT2D eigenvalue weighted by Gasteiger charge is -2.32. The summed E-state index contributed by atoms with van der Waals surface area (Å²) in [7, 11) is 0. The van der Waals surface area contributed by atoms with Gasteiger partial charge in [-0.1, -0.05) is 11.6 Å². The van der Waals surface area contributed by atoms with E-state index in [9.17, 15) is 4.79 Å². The van der Waals surface area contributed by atoms with Gasteiger partial charge in [0.05, 0.1) is 0 Å². The lowest BCUT2D eigenvalue weighted by molar-refractivity contribution is -0.121.